The van der Waals surface area contributed by atoms with E-state index in [1.165, 1.54) is 16.7 Å². The number of nitriles is 1. The lowest BCUT2D eigenvalue weighted by molar-refractivity contribution is 1.02. The zero-order chi connectivity index (χ0) is 9.42. The predicted molar refractivity (Wildman–Crippen MR) is 45.5 cm³/mol. The molecular weight excluding hydrogens is 192 g/mol. The lowest BCUT2D eigenvalue weighted by atomic mass is 10.3. The standard InChI is InChI=1S/C7H3ClN4O/c8-5-3-12-6(1-4(5)2-9)10-11-7(12)13/h1,3H,(H,11,13). The van der Waals surface area contributed by atoms with E-state index in [0.717, 1.165) is 0 Å². The number of hydrogen-bond acceptors (Lipinski definition) is 3. The Hall–Kier alpha value is -1.80. The third kappa shape index (κ3) is 1.08. The van der Waals surface area contributed by atoms with Gasteiger partial charge in [-0.05, 0) is 0 Å². The van der Waals surface area contributed by atoms with E-state index >= 15 is 0 Å². The van der Waals surface area contributed by atoms with E-state index in [1.54, 1.807) is 0 Å². The molecule has 0 amide bonds. The van der Waals surface area contributed by atoms with Crippen LogP contribution in [-0.4, -0.2) is 14.6 Å². The van der Waals surface area contributed by atoms with E-state index in [-0.39, 0.29) is 10.7 Å². The average Bonchev–Trinajstić information content (AvgIpc) is 2.47. The molecule has 0 spiro atoms. The first-order valence-electron chi connectivity index (χ1n) is 3.39. The summed E-state index contributed by atoms with van der Waals surface area (Å²) in [7, 11) is 0. The van der Waals surface area contributed by atoms with Gasteiger partial charge in [-0.15, -0.1) is 0 Å². The van der Waals surface area contributed by atoms with E-state index in [0.29, 0.717) is 11.2 Å². The molecule has 0 aliphatic rings. The van der Waals surface area contributed by atoms with Crippen molar-refractivity contribution in [2.45, 2.75) is 0 Å². The summed E-state index contributed by atoms with van der Waals surface area (Å²) in [5.74, 6) is 0. The van der Waals surface area contributed by atoms with E-state index in [4.69, 9.17) is 16.9 Å². The van der Waals surface area contributed by atoms with Crippen LogP contribution in [0.15, 0.2) is 17.1 Å². The van der Waals surface area contributed by atoms with Crippen molar-refractivity contribution in [1.82, 2.24) is 14.6 Å². The molecule has 5 nitrogen and oxygen atoms in total. The molecule has 0 aliphatic carbocycles. The minimum atomic E-state index is -0.374. The molecule has 0 unspecified atom stereocenters. The number of nitrogens with one attached hydrogen (secondary N) is 1. The van der Waals surface area contributed by atoms with Gasteiger partial charge in [0, 0.05) is 12.3 Å². The third-order valence-corrected chi connectivity index (χ3v) is 1.93. The highest BCUT2D eigenvalue weighted by atomic mass is 35.5. The summed E-state index contributed by atoms with van der Waals surface area (Å²) in [6, 6.07) is 3.34. The molecule has 0 aliphatic heterocycles. The van der Waals surface area contributed by atoms with Crippen LogP contribution in [0.3, 0.4) is 0 Å². The summed E-state index contributed by atoms with van der Waals surface area (Å²) in [5.41, 5.74) is 0.306. The van der Waals surface area contributed by atoms with Crippen LogP contribution in [0.5, 0.6) is 0 Å². The van der Waals surface area contributed by atoms with Gasteiger partial charge in [0.05, 0.1) is 10.6 Å². The van der Waals surface area contributed by atoms with Gasteiger partial charge in [0.25, 0.3) is 0 Å². The Morgan fingerprint density at radius 1 is 1.69 bits per heavy atom. The van der Waals surface area contributed by atoms with Crippen LogP contribution in [0.1, 0.15) is 5.56 Å². The molecule has 13 heavy (non-hydrogen) atoms. The van der Waals surface area contributed by atoms with Gasteiger partial charge in [0.1, 0.15) is 6.07 Å². The van der Waals surface area contributed by atoms with Gasteiger partial charge in [-0.1, -0.05) is 11.6 Å². The molecule has 2 aromatic rings. The zero-order valence-electron chi connectivity index (χ0n) is 6.28. The fourth-order valence-corrected chi connectivity index (χ4v) is 1.20. The summed E-state index contributed by atoms with van der Waals surface area (Å²) >= 11 is 5.71. The van der Waals surface area contributed by atoms with Gasteiger partial charge < -0.3 is 0 Å². The van der Waals surface area contributed by atoms with Crippen LogP contribution in [0.4, 0.5) is 0 Å². The first-order valence-corrected chi connectivity index (χ1v) is 3.76. The molecule has 0 saturated carbocycles. The van der Waals surface area contributed by atoms with Gasteiger partial charge in [0.2, 0.25) is 0 Å². The average molecular weight is 195 g/mol. The molecule has 2 heterocycles. The number of H-pyrrole nitrogens is 1. The number of pyridine rings is 1. The Morgan fingerprint density at radius 3 is 3.15 bits per heavy atom. The molecule has 0 saturated heterocycles. The molecular formula is C7H3ClN4O. The minimum Gasteiger partial charge on any atom is -0.249 e. The number of aromatic amines is 1. The maximum absolute atomic E-state index is 11.0. The zero-order valence-corrected chi connectivity index (χ0v) is 7.04. The van der Waals surface area contributed by atoms with Crippen molar-refractivity contribution in [3.8, 4) is 6.07 Å². The SMILES string of the molecule is N#Cc1cc2n[nH]c(=O)n2cc1Cl. The lowest BCUT2D eigenvalue weighted by Gasteiger charge is -1.94. The smallest absolute Gasteiger partial charge is 0.249 e. The van der Waals surface area contributed by atoms with Crippen LogP contribution in [-0.2, 0) is 0 Å². The Bertz CT molecular complexity index is 562. The first kappa shape index (κ1) is 7.83. The lowest BCUT2D eigenvalue weighted by Crippen LogP contribution is -2.08. The van der Waals surface area contributed by atoms with Crippen molar-refractivity contribution in [3.05, 3.63) is 33.3 Å². The Balaban J connectivity index is 2.94. The van der Waals surface area contributed by atoms with Crippen LogP contribution < -0.4 is 5.69 Å². The van der Waals surface area contributed by atoms with Crippen molar-refractivity contribution in [2.75, 3.05) is 0 Å². The quantitative estimate of drug-likeness (QED) is 0.666. The summed E-state index contributed by atoms with van der Waals surface area (Å²) < 4.78 is 1.24. The van der Waals surface area contributed by atoms with E-state index < -0.39 is 0 Å². The van der Waals surface area contributed by atoms with E-state index in [2.05, 4.69) is 10.2 Å². The van der Waals surface area contributed by atoms with Crippen molar-refractivity contribution in [2.24, 2.45) is 0 Å². The first-order chi connectivity index (χ1) is 6.22. The fraction of sp³-hybridized carbons (Fsp3) is 0. The Labute approximate surface area is 77.2 Å². The van der Waals surface area contributed by atoms with E-state index in [1.807, 2.05) is 6.07 Å². The summed E-state index contributed by atoms with van der Waals surface area (Å²) in [4.78, 5) is 11.0. The molecule has 2 rings (SSSR count). The summed E-state index contributed by atoms with van der Waals surface area (Å²) in [5, 5.41) is 14.8. The minimum absolute atomic E-state index is 0.235. The molecule has 2 aromatic heterocycles. The van der Waals surface area contributed by atoms with Crippen molar-refractivity contribution in [1.29, 1.82) is 5.26 Å². The van der Waals surface area contributed by atoms with Gasteiger partial charge in [-0.3, -0.25) is 0 Å². The maximum Gasteiger partial charge on any atom is 0.347 e. The predicted octanol–water partition coefficient (Wildman–Crippen LogP) is 0.548. The highest BCUT2D eigenvalue weighted by molar-refractivity contribution is 6.31. The molecule has 0 atom stereocenters. The topological polar surface area (TPSA) is 73.9 Å². The number of fused-ring (bicyclic) bond motifs is 1. The maximum atomic E-state index is 11.0. The fourth-order valence-electron chi connectivity index (χ4n) is 1.01. The van der Waals surface area contributed by atoms with Crippen molar-refractivity contribution in [3.63, 3.8) is 0 Å². The molecule has 0 bridgehead atoms. The normalized spacial score (nSPS) is 10.2. The second kappa shape index (κ2) is 2.61. The third-order valence-electron chi connectivity index (χ3n) is 1.63. The summed E-state index contributed by atoms with van der Waals surface area (Å²) in [6.45, 7) is 0. The van der Waals surface area contributed by atoms with Gasteiger partial charge >= 0.3 is 5.69 Å². The monoisotopic (exact) mass is 194 g/mol. The highest BCUT2D eigenvalue weighted by Gasteiger charge is 2.05. The van der Waals surface area contributed by atoms with Crippen LogP contribution in [0, 0.1) is 11.3 Å². The van der Waals surface area contributed by atoms with Gasteiger partial charge in [-0.2, -0.15) is 10.4 Å². The largest absolute Gasteiger partial charge is 0.347 e. The van der Waals surface area contributed by atoms with Crippen molar-refractivity contribution >= 4 is 17.2 Å². The van der Waals surface area contributed by atoms with Crippen molar-refractivity contribution < 1.29 is 0 Å². The molecule has 6 heteroatoms. The number of hydrogen-bond donors (Lipinski definition) is 1. The van der Waals surface area contributed by atoms with Crippen LogP contribution in [0.2, 0.25) is 5.02 Å². The number of nitrogens with zero attached hydrogens (tertiary/aromatic N) is 3. The number of aromatic nitrogens is 3. The summed E-state index contributed by atoms with van der Waals surface area (Å²) in [6.07, 6.45) is 1.36. The highest BCUT2D eigenvalue weighted by Crippen LogP contribution is 2.14. The molecule has 0 aromatic carbocycles. The Morgan fingerprint density at radius 2 is 2.46 bits per heavy atom. The Kier molecular flexibility index (Phi) is 1.57. The molecule has 1 N–H and O–H groups in total. The molecule has 64 valence electrons. The number of halogens is 1. The molecule has 0 radical (unpaired) electrons. The van der Waals surface area contributed by atoms with E-state index in [9.17, 15) is 4.79 Å². The molecule has 0 fully saturated rings. The van der Waals surface area contributed by atoms with Crippen LogP contribution in [0.25, 0.3) is 5.65 Å². The second-order valence-electron chi connectivity index (χ2n) is 2.40. The number of rotatable bonds is 0. The van der Waals surface area contributed by atoms with Gasteiger partial charge in [-0.25, -0.2) is 14.3 Å². The second-order valence-corrected chi connectivity index (χ2v) is 2.81. The van der Waals surface area contributed by atoms with Gasteiger partial charge in [0.15, 0.2) is 5.65 Å². The van der Waals surface area contributed by atoms with Crippen LogP contribution >= 0.6 is 11.6 Å².